The highest BCUT2D eigenvalue weighted by atomic mass is 16.5. The zero-order valence-corrected chi connectivity index (χ0v) is 15.0. The van der Waals surface area contributed by atoms with Crippen molar-refractivity contribution in [2.24, 2.45) is 0 Å². The van der Waals surface area contributed by atoms with E-state index >= 15 is 0 Å². The van der Waals surface area contributed by atoms with Gasteiger partial charge < -0.3 is 14.4 Å². The first-order chi connectivity index (χ1) is 13.1. The number of amides is 2. The van der Waals surface area contributed by atoms with Crippen LogP contribution in [0.15, 0.2) is 54.6 Å². The highest BCUT2D eigenvalue weighted by Crippen LogP contribution is 2.30. The number of likely N-dealkylation sites (N-methyl/N-ethyl adjacent to an activating group) is 1. The molecular formula is C20H20N2O5. The fourth-order valence-corrected chi connectivity index (χ4v) is 2.70. The van der Waals surface area contributed by atoms with E-state index in [2.05, 4.69) is 0 Å². The van der Waals surface area contributed by atoms with Gasteiger partial charge in [0.1, 0.15) is 12.3 Å². The van der Waals surface area contributed by atoms with E-state index in [1.807, 2.05) is 18.2 Å². The molecule has 140 valence electrons. The second-order valence-corrected chi connectivity index (χ2v) is 6.00. The summed E-state index contributed by atoms with van der Waals surface area (Å²) in [5.41, 5.74) is 1.22. The lowest BCUT2D eigenvalue weighted by Crippen LogP contribution is -2.38. The van der Waals surface area contributed by atoms with E-state index in [4.69, 9.17) is 9.47 Å². The second-order valence-electron chi connectivity index (χ2n) is 6.00. The van der Waals surface area contributed by atoms with Gasteiger partial charge in [0.2, 0.25) is 5.91 Å². The topological polar surface area (TPSA) is 76.2 Å². The number of hydrogen-bond donors (Lipinski definition) is 0. The van der Waals surface area contributed by atoms with E-state index in [1.54, 1.807) is 43.4 Å². The number of rotatable bonds is 5. The number of para-hydroxylation sites is 3. The van der Waals surface area contributed by atoms with Crippen molar-refractivity contribution in [1.29, 1.82) is 0 Å². The number of carbonyl (C=O) groups excluding carboxylic acids is 3. The first-order valence-corrected chi connectivity index (χ1v) is 8.55. The zero-order chi connectivity index (χ0) is 19.2. The van der Waals surface area contributed by atoms with Crippen LogP contribution in [0.25, 0.3) is 0 Å². The Labute approximate surface area is 157 Å². The normalized spacial score (nSPS) is 13.2. The Morgan fingerprint density at radius 2 is 1.81 bits per heavy atom. The summed E-state index contributed by atoms with van der Waals surface area (Å²) in [6, 6.07) is 16.1. The van der Waals surface area contributed by atoms with Gasteiger partial charge in [-0.15, -0.1) is 0 Å². The molecule has 1 heterocycles. The molecule has 7 heteroatoms. The average molecular weight is 368 g/mol. The third-order valence-electron chi connectivity index (χ3n) is 4.19. The molecule has 0 saturated carbocycles. The maximum absolute atomic E-state index is 12.3. The molecule has 1 aliphatic heterocycles. The number of nitrogens with zero attached hydrogens (tertiary/aromatic N) is 2. The predicted molar refractivity (Wildman–Crippen MR) is 99.7 cm³/mol. The number of fused-ring (bicyclic) bond motifs is 1. The summed E-state index contributed by atoms with van der Waals surface area (Å²) < 4.78 is 10.6. The van der Waals surface area contributed by atoms with Crippen LogP contribution in [0.3, 0.4) is 0 Å². The van der Waals surface area contributed by atoms with Gasteiger partial charge in [-0.05, 0) is 24.3 Å². The van der Waals surface area contributed by atoms with Crippen LogP contribution in [0.2, 0.25) is 0 Å². The Morgan fingerprint density at radius 1 is 1.11 bits per heavy atom. The van der Waals surface area contributed by atoms with Crippen LogP contribution < -0.4 is 14.5 Å². The summed E-state index contributed by atoms with van der Waals surface area (Å²) in [6.45, 7) is -0.423. The third kappa shape index (κ3) is 4.44. The van der Waals surface area contributed by atoms with Crippen LogP contribution in [-0.4, -0.2) is 44.6 Å². The van der Waals surface area contributed by atoms with E-state index in [0.717, 1.165) is 0 Å². The molecule has 0 unspecified atom stereocenters. The highest BCUT2D eigenvalue weighted by molar-refractivity contribution is 6.00. The lowest BCUT2D eigenvalue weighted by atomic mass is 10.2. The quantitative estimate of drug-likeness (QED) is 0.755. The molecule has 0 atom stereocenters. The first-order valence-electron chi connectivity index (χ1n) is 8.55. The monoisotopic (exact) mass is 368 g/mol. The van der Waals surface area contributed by atoms with Gasteiger partial charge in [0, 0.05) is 12.7 Å². The van der Waals surface area contributed by atoms with E-state index in [1.165, 1.54) is 9.80 Å². The van der Waals surface area contributed by atoms with Crippen LogP contribution in [0.5, 0.6) is 5.75 Å². The lowest BCUT2D eigenvalue weighted by Gasteiger charge is -2.21. The molecule has 7 nitrogen and oxygen atoms in total. The standard InChI is InChI=1S/C20H20N2O5/c1-21(15-7-3-2-4-8-15)19(24)14-27-20(25)13-22-16-9-5-6-10-17(16)26-12-11-18(22)23/h2-10H,11-14H2,1H3. The number of benzene rings is 2. The van der Waals surface area contributed by atoms with Crippen molar-refractivity contribution >= 4 is 29.2 Å². The molecule has 0 N–H and O–H groups in total. The summed E-state index contributed by atoms with van der Waals surface area (Å²) >= 11 is 0. The van der Waals surface area contributed by atoms with Crippen LogP contribution in [0, 0.1) is 0 Å². The number of ether oxygens (including phenoxy) is 2. The fourth-order valence-electron chi connectivity index (χ4n) is 2.70. The number of hydrogen-bond acceptors (Lipinski definition) is 5. The first kappa shape index (κ1) is 18.4. The zero-order valence-electron chi connectivity index (χ0n) is 15.0. The molecule has 2 aromatic carbocycles. The molecule has 0 spiro atoms. The fraction of sp³-hybridized carbons (Fsp3) is 0.250. The Morgan fingerprint density at radius 3 is 2.59 bits per heavy atom. The van der Waals surface area contributed by atoms with Crippen molar-refractivity contribution in [2.75, 3.05) is 36.6 Å². The van der Waals surface area contributed by atoms with E-state index < -0.39 is 12.6 Å². The molecule has 0 saturated heterocycles. The van der Waals surface area contributed by atoms with E-state index in [0.29, 0.717) is 17.1 Å². The highest BCUT2D eigenvalue weighted by Gasteiger charge is 2.26. The minimum absolute atomic E-state index is 0.164. The molecule has 0 fully saturated rings. The molecule has 0 aliphatic carbocycles. The minimum Gasteiger partial charge on any atom is -0.491 e. The molecule has 27 heavy (non-hydrogen) atoms. The summed E-state index contributed by atoms with van der Waals surface area (Å²) in [5, 5.41) is 0. The van der Waals surface area contributed by atoms with Gasteiger partial charge in [-0.1, -0.05) is 30.3 Å². The molecule has 1 aliphatic rings. The lowest BCUT2D eigenvalue weighted by molar-refractivity contribution is -0.146. The molecule has 3 rings (SSSR count). The average Bonchev–Trinajstić information content (AvgIpc) is 2.85. The van der Waals surface area contributed by atoms with Crippen molar-refractivity contribution in [3.05, 3.63) is 54.6 Å². The van der Waals surface area contributed by atoms with Gasteiger partial charge in [-0.2, -0.15) is 0 Å². The molecule has 0 bridgehead atoms. The van der Waals surface area contributed by atoms with Gasteiger partial charge in [0.25, 0.3) is 5.91 Å². The maximum Gasteiger partial charge on any atom is 0.326 e. The summed E-state index contributed by atoms with van der Waals surface area (Å²) in [6.07, 6.45) is 0.164. The van der Waals surface area contributed by atoms with E-state index in [-0.39, 0.29) is 31.4 Å². The predicted octanol–water partition coefficient (Wildman–Crippen LogP) is 2.01. The maximum atomic E-state index is 12.3. The van der Waals surface area contributed by atoms with Crippen molar-refractivity contribution in [2.45, 2.75) is 6.42 Å². The van der Waals surface area contributed by atoms with Crippen LogP contribution in [0.1, 0.15) is 6.42 Å². The van der Waals surface area contributed by atoms with Crippen LogP contribution >= 0.6 is 0 Å². The molecule has 0 aromatic heterocycles. The largest absolute Gasteiger partial charge is 0.491 e. The molecule has 2 aromatic rings. The molecular weight excluding hydrogens is 348 g/mol. The van der Waals surface area contributed by atoms with Crippen LogP contribution in [-0.2, 0) is 19.1 Å². The van der Waals surface area contributed by atoms with Gasteiger partial charge >= 0.3 is 5.97 Å². The van der Waals surface area contributed by atoms with Crippen LogP contribution in [0.4, 0.5) is 11.4 Å². The van der Waals surface area contributed by atoms with Gasteiger partial charge in [-0.25, -0.2) is 0 Å². The van der Waals surface area contributed by atoms with Gasteiger partial charge in [0.15, 0.2) is 6.61 Å². The molecule has 0 radical (unpaired) electrons. The Balaban J connectivity index is 1.60. The Bertz CT molecular complexity index is 837. The van der Waals surface area contributed by atoms with Crippen molar-refractivity contribution in [3.63, 3.8) is 0 Å². The smallest absolute Gasteiger partial charge is 0.326 e. The number of esters is 1. The second kappa shape index (κ2) is 8.35. The van der Waals surface area contributed by atoms with Gasteiger partial charge in [0.05, 0.1) is 18.7 Å². The Hall–Kier alpha value is -3.35. The SMILES string of the molecule is CN(C(=O)COC(=O)CN1C(=O)CCOc2ccccc21)c1ccccc1. The van der Waals surface area contributed by atoms with Gasteiger partial charge in [-0.3, -0.25) is 19.3 Å². The third-order valence-corrected chi connectivity index (χ3v) is 4.19. The number of carbonyl (C=O) groups is 3. The van der Waals surface area contributed by atoms with Crippen molar-refractivity contribution in [1.82, 2.24) is 0 Å². The van der Waals surface area contributed by atoms with E-state index in [9.17, 15) is 14.4 Å². The number of anilines is 2. The van der Waals surface area contributed by atoms with Crippen molar-refractivity contribution in [3.8, 4) is 5.75 Å². The summed E-state index contributed by atoms with van der Waals surface area (Å²) in [5.74, 6) is -0.712. The summed E-state index contributed by atoms with van der Waals surface area (Å²) in [7, 11) is 1.61. The van der Waals surface area contributed by atoms with Crippen molar-refractivity contribution < 1.29 is 23.9 Å². The molecule has 2 amide bonds. The Kier molecular flexibility index (Phi) is 5.71. The minimum atomic E-state index is -0.658. The summed E-state index contributed by atoms with van der Waals surface area (Å²) in [4.78, 5) is 39.5.